The highest BCUT2D eigenvalue weighted by Crippen LogP contribution is 2.25. The van der Waals surface area contributed by atoms with E-state index in [2.05, 4.69) is 10.9 Å². The first kappa shape index (κ1) is 16.2. The van der Waals surface area contributed by atoms with Crippen LogP contribution < -0.4 is 15.6 Å². The van der Waals surface area contributed by atoms with E-state index in [-0.39, 0.29) is 17.9 Å². The summed E-state index contributed by atoms with van der Waals surface area (Å²) in [6.45, 7) is 0.0935. The summed E-state index contributed by atoms with van der Waals surface area (Å²) in [7, 11) is 0. The monoisotopic (exact) mass is 339 g/mol. The number of amides is 2. The SMILES string of the molecule is O=C(NNC(=O)c1ccc([N+](=O)[O-])cc1)C1=Cc2ccccc2OC1. The van der Waals surface area contributed by atoms with Crippen LogP contribution in [-0.2, 0) is 4.79 Å². The van der Waals surface area contributed by atoms with Crippen LogP contribution in [0.25, 0.3) is 6.08 Å². The molecule has 25 heavy (non-hydrogen) atoms. The molecule has 1 heterocycles. The van der Waals surface area contributed by atoms with Crippen LogP contribution in [0.15, 0.2) is 54.1 Å². The smallest absolute Gasteiger partial charge is 0.269 e. The van der Waals surface area contributed by atoms with Gasteiger partial charge in [-0.1, -0.05) is 18.2 Å². The molecule has 126 valence electrons. The molecule has 8 heteroatoms. The van der Waals surface area contributed by atoms with Crippen LogP contribution in [0.3, 0.4) is 0 Å². The number of carbonyl (C=O) groups is 2. The molecule has 0 spiro atoms. The Kier molecular flexibility index (Phi) is 4.42. The molecular weight excluding hydrogens is 326 g/mol. The van der Waals surface area contributed by atoms with E-state index in [9.17, 15) is 19.7 Å². The van der Waals surface area contributed by atoms with Gasteiger partial charge in [0.15, 0.2) is 0 Å². The lowest BCUT2D eigenvalue weighted by molar-refractivity contribution is -0.384. The average Bonchev–Trinajstić information content (AvgIpc) is 2.65. The van der Waals surface area contributed by atoms with Gasteiger partial charge in [-0.3, -0.25) is 30.6 Å². The van der Waals surface area contributed by atoms with Gasteiger partial charge in [-0.2, -0.15) is 0 Å². The van der Waals surface area contributed by atoms with Crippen molar-refractivity contribution in [3.05, 3.63) is 75.3 Å². The zero-order valence-corrected chi connectivity index (χ0v) is 12.9. The fraction of sp³-hybridized carbons (Fsp3) is 0.0588. The zero-order chi connectivity index (χ0) is 17.8. The van der Waals surface area contributed by atoms with E-state index in [0.717, 1.165) is 5.56 Å². The van der Waals surface area contributed by atoms with Crippen molar-refractivity contribution in [3.8, 4) is 5.75 Å². The summed E-state index contributed by atoms with van der Waals surface area (Å²) < 4.78 is 5.48. The van der Waals surface area contributed by atoms with Crippen molar-refractivity contribution in [2.45, 2.75) is 0 Å². The number of nitro groups is 1. The summed E-state index contributed by atoms with van der Waals surface area (Å²) in [5.41, 5.74) is 5.77. The molecule has 0 aromatic heterocycles. The first-order valence-corrected chi connectivity index (χ1v) is 7.32. The molecule has 2 aromatic carbocycles. The van der Waals surface area contributed by atoms with Crippen LogP contribution in [0.4, 0.5) is 5.69 Å². The van der Waals surface area contributed by atoms with Crippen molar-refractivity contribution < 1.29 is 19.2 Å². The van der Waals surface area contributed by atoms with Crippen molar-refractivity contribution in [3.63, 3.8) is 0 Å². The van der Waals surface area contributed by atoms with Gasteiger partial charge in [0.1, 0.15) is 12.4 Å². The van der Waals surface area contributed by atoms with Gasteiger partial charge in [0, 0.05) is 23.3 Å². The van der Waals surface area contributed by atoms with Gasteiger partial charge in [-0.05, 0) is 24.3 Å². The van der Waals surface area contributed by atoms with Gasteiger partial charge in [0.05, 0.1) is 10.5 Å². The number of hydrogen-bond acceptors (Lipinski definition) is 5. The molecule has 0 fully saturated rings. The van der Waals surface area contributed by atoms with Crippen molar-refractivity contribution >= 4 is 23.6 Å². The van der Waals surface area contributed by atoms with E-state index in [1.54, 1.807) is 12.1 Å². The molecule has 0 atom stereocenters. The van der Waals surface area contributed by atoms with Gasteiger partial charge >= 0.3 is 0 Å². The summed E-state index contributed by atoms with van der Waals surface area (Å²) in [4.78, 5) is 34.1. The number of hydrogen-bond donors (Lipinski definition) is 2. The quantitative estimate of drug-likeness (QED) is 0.655. The highest BCUT2D eigenvalue weighted by molar-refractivity contribution is 6.01. The maximum atomic E-state index is 12.1. The maximum absolute atomic E-state index is 12.1. The van der Waals surface area contributed by atoms with Gasteiger partial charge in [-0.25, -0.2) is 0 Å². The number of nitrogens with zero attached hydrogens (tertiary/aromatic N) is 1. The molecule has 0 radical (unpaired) electrons. The van der Waals surface area contributed by atoms with Gasteiger partial charge in [0.25, 0.3) is 17.5 Å². The van der Waals surface area contributed by atoms with Crippen molar-refractivity contribution in [1.29, 1.82) is 0 Å². The number of nitrogens with one attached hydrogen (secondary N) is 2. The minimum absolute atomic E-state index is 0.0935. The van der Waals surface area contributed by atoms with Crippen LogP contribution >= 0.6 is 0 Å². The summed E-state index contributed by atoms with van der Waals surface area (Å²) in [5, 5.41) is 10.6. The molecule has 1 aliphatic rings. The largest absolute Gasteiger partial charge is 0.488 e. The molecule has 1 aliphatic heterocycles. The molecule has 0 bridgehead atoms. The number of fused-ring (bicyclic) bond motifs is 1. The Morgan fingerprint density at radius 1 is 1.00 bits per heavy atom. The Hall–Kier alpha value is -3.68. The molecule has 2 N–H and O–H groups in total. The van der Waals surface area contributed by atoms with Gasteiger partial charge in [-0.15, -0.1) is 0 Å². The highest BCUT2D eigenvalue weighted by Gasteiger charge is 2.17. The summed E-state index contributed by atoms with van der Waals surface area (Å²) >= 11 is 0. The number of rotatable bonds is 3. The second-order valence-corrected chi connectivity index (χ2v) is 5.21. The molecular formula is C17H13N3O5. The zero-order valence-electron chi connectivity index (χ0n) is 12.9. The lowest BCUT2D eigenvalue weighted by Gasteiger charge is -2.17. The number of para-hydroxylation sites is 1. The fourth-order valence-corrected chi connectivity index (χ4v) is 2.25. The molecule has 3 rings (SSSR count). The van der Waals surface area contributed by atoms with Gasteiger partial charge < -0.3 is 4.74 Å². The number of ether oxygens (including phenoxy) is 1. The minimum atomic E-state index is -0.582. The topological polar surface area (TPSA) is 111 Å². The summed E-state index contributed by atoms with van der Waals surface area (Å²) in [6, 6.07) is 12.3. The standard InChI is InChI=1S/C17H13N3O5/c21-16(11-5-7-14(8-6-11)20(23)24)18-19-17(22)13-9-12-3-1-2-4-15(12)25-10-13/h1-9H,10H2,(H,18,21)(H,19,22). The Bertz CT molecular complexity index is 874. The van der Waals surface area contributed by atoms with Crippen LogP contribution in [0.2, 0.25) is 0 Å². The number of carbonyl (C=O) groups excluding carboxylic acids is 2. The first-order valence-electron chi connectivity index (χ1n) is 7.32. The Morgan fingerprint density at radius 3 is 2.40 bits per heavy atom. The third-order valence-corrected chi connectivity index (χ3v) is 3.55. The van der Waals surface area contributed by atoms with Crippen LogP contribution in [0.5, 0.6) is 5.75 Å². The Balaban J connectivity index is 1.62. The molecule has 2 aromatic rings. The number of benzene rings is 2. The van der Waals surface area contributed by atoms with Crippen LogP contribution in [0.1, 0.15) is 15.9 Å². The molecule has 0 saturated heterocycles. The average molecular weight is 339 g/mol. The normalized spacial score (nSPS) is 12.2. The third kappa shape index (κ3) is 3.63. The number of non-ortho nitro benzene ring substituents is 1. The molecule has 0 saturated carbocycles. The van der Waals surface area contributed by atoms with Crippen molar-refractivity contribution in [2.24, 2.45) is 0 Å². The van der Waals surface area contributed by atoms with E-state index in [1.807, 2.05) is 18.2 Å². The lowest BCUT2D eigenvalue weighted by atomic mass is 10.1. The van der Waals surface area contributed by atoms with E-state index < -0.39 is 16.7 Å². The molecule has 8 nitrogen and oxygen atoms in total. The van der Waals surface area contributed by atoms with Crippen LogP contribution in [-0.4, -0.2) is 23.3 Å². The first-order chi connectivity index (χ1) is 12.0. The predicted octanol–water partition coefficient (Wildman–Crippen LogP) is 1.83. The molecule has 0 aliphatic carbocycles. The van der Waals surface area contributed by atoms with Crippen molar-refractivity contribution in [2.75, 3.05) is 6.61 Å². The Morgan fingerprint density at radius 2 is 1.68 bits per heavy atom. The van der Waals surface area contributed by atoms with Gasteiger partial charge in [0.2, 0.25) is 0 Å². The minimum Gasteiger partial charge on any atom is -0.488 e. The van der Waals surface area contributed by atoms with E-state index >= 15 is 0 Å². The number of hydrazine groups is 1. The second-order valence-electron chi connectivity index (χ2n) is 5.21. The molecule has 0 unspecified atom stereocenters. The Labute approximate surface area is 142 Å². The maximum Gasteiger partial charge on any atom is 0.269 e. The van der Waals surface area contributed by atoms with E-state index in [4.69, 9.17) is 4.74 Å². The van der Waals surface area contributed by atoms with E-state index in [0.29, 0.717) is 11.3 Å². The predicted molar refractivity (Wildman–Crippen MR) is 88.6 cm³/mol. The lowest BCUT2D eigenvalue weighted by Crippen LogP contribution is -2.43. The third-order valence-electron chi connectivity index (χ3n) is 3.55. The van der Waals surface area contributed by atoms with Crippen LogP contribution in [0, 0.1) is 10.1 Å². The summed E-state index contributed by atoms with van der Waals surface area (Å²) in [5.74, 6) is -0.389. The highest BCUT2D eigenvalue weighted by atomic mass is 16.6. The number of nitro benzene ring substituents is 1. The fourth-order valence-electron chi connectivity index (χ4n) is 2.25. The van der Waals surface area contributed by atoms with Crippen molar-refractivity contribution in [1.82, 2.24) is 10.9 Å². The second kappa shape index (κ2) is 6.83. The molecule has 2 amide bonds. The summed E-state index contributed by atoms with van der Waals surface area (Å²) in [6.07, 6.45) is 1.69. The van der Waals surface area contributed by atoms with E-state index in [1.165, 1.54) is 24.3 Å².